The maximum Gasteiger partial charge on any atom is 0.242 e. The normalized spacial score (nSPS) is 18.6. The van der Waals surface area contributed by atoms with Crippen LogP contribution in [0, 0.1) is 0 Å². The number of aromatic nitrogens is 1. The molecule has 0 saturated carbocycles. The minimum Gasteiger partial charge on any atom is -0.353 e. The fourth-order valence-electron chi connectivity index (χ4n) is 2.29. The second kappa shape index (κ2) is 5.95. The fourth-order valence-corrected chi connectivity index (χ4v) is 3.82. The van der Waals surface area contributed by atoms with Gasteiger partial charge in [-0.05, 0) is 18.4 Å². The molecular formula is C14H15N3O2S2. The first kappa shape index (κ1) is 14.2. The first-order chi connectivity index (χ1) is 10.1. The molecule has 1 atom stereocenters. The molecule has 0 radical (unpaired) electrons. The lowest BCUT2D eigenvalue weighted by Gasteiger charge is -2.32. The highest BCUT2D eigenvalue weighted by molar-refractivity contribution is 7.14. The van der Waals surface area contributed by atoms with Crippen LogP contribution in [-0.4, -0.2) is 40.8 Å². The molecule has 0 aliphatic carbocycles. The van der Waals surface area contributed by atoms with Gasteiger partial charge in [-0.3, -0.25) is 9.59 Å². The van der Waals surface area contributed by atoms with E-state index in [0.717, 1.165) is 16.3 Å². The molecule has 5 nitrogen and oxygen atoms in total. The van der Waals surface area contributed by atoms with Gasteiger partial charge in [0.1, 0.15) is 11.0 Å². The van der Waals surface area contributed by atoms with E-state index in [0.29, 0.717) is 13.1 Å². The predicted molar refractivity (Wildman–Crippen MR) is 83.3 cm³/mol. The van der Waals surface area contributed by atoms with E-state index in [1.54, 1.807) is 34.5 Å². The van der Waals surface area contributed by atoms with Crippen molar-refractivity contribution in [1.29, 1.82) is 0 Å². The molecule has 1 aliphatic heterocycles. The third-order valence-electron chi connectivity index (χ3n) is 3.47. The molecule has 0 bridgehead atoms. The first-order valence-corrected chi connectivity index (χ1v) is 8.51. The quantitative estimate of drug-likeness (QED) is 0.937. The molecule has 3 heterocycles. The van der Waals surface area contributed by atoms with Crippen LogP contribution in [0.25, 0.3) is 10.6 Å². The Hall–Kier alpha value is -1.73. The van der Waals surface area contributed by atoms with Gasteiger partial charge in [-0.2, -0.15) is 11.3 Å². The van der Waals surface area contributed by atoms with Crippen LogP contribution in [-0.2, 0) is 16.0 Å². The van der Waals surface area contributed by atoms with Crippen molar-refractivity contribution in [3.63, 3.8) is 0 Å². The summed E-state index contributed by atoms with van der Waals surface area (Å²) in [6, 6.07) is 1.62. The topological polar surface area (TPSA) is 62.3 Å². The van der Waals surface area contributed by atoms with Crippen molar-refractivity contribution in [2.45, 2.75) is 19.4 Å². The number of hydrogen-bond acceptors (Lipinski definition) is 5. The average Bonchev–Trinajstić information content (AvgIpc) is 3.12. The molecule has 2 aromatic rings. The number of thiophene rings is 1. The van der Waals surface area contributed by atoms with E-state index in [2.05, 4.69) is 10.3 Å². The Morgan fingerprint density at radius 2 is 2.38 bits per heavy atom. The fraction of sp³-hybridized carbons (Fsp3) is 0.357. The number of carbonyl (C=O) groups excluding carboxylic acids is 2. The Labute approximate surface area is 130 Å². The van der Waals surface area contributed by atoms with Gasteiger partial charge >= 0.3 is 0 Å². The molecule has 1 aliphatic rings. The third-order valence-corrected chi connectivity index (χ3v) is 5.09. The second-order valence-electron chi connectivity index (χ2n) is 4.89. The van der Waals surface area contributed by atoms with Gasteiger partial charge in [-0.25, -0.2) is 4.98 Å². The summed E-state index contributed by atoms with van der Waals surface area (Å²) in [6.45, 7) is 2.84. The van der Waals surface area contributed by atoms with Gasteiger partial charge in [-0.1, -0.05) is 0 Å². The highest BCUT2D eigenvalue weighted by Gasteiger charge is 2.29. The first-order valence-electron chi connectivity index (χ1n) is 6.69. The van der Waals surface area contributed by atoms with Crippen molar-refractivity contribution in [2.75, 3.05) is 13.1 Å². The standard InChI is InChI=1S/C14H15N3O2S2/c1-9-13(19)15-3-4-17(9)12(18)6-11-8-21-14(16-11)10-2-5-20-7-10/h2,5,7-9H,3-4,6H2,1H3,(H,15,19). The Kier molecular flexibility index (Phi) is 4.03. The van der Waals surface area contributed by atoms with Crippen LogP contribution < -0.4 is 5.32 Å². The zero-order valence-electron chi connectivity index (χ0n) is 11.5. The number of carbonyl (C=O) groups is 2. The molecule has 21 heavy (non-hydrogen) atoms. The lowest BCUT2D eigenvalue weighted by Crippen LogP contribution is -2.56. The van der Waals surface area contributed by atoms with Gasteiger partial charge in [0.05, 0.1) is 12.1 Å². The summed E-state index contributed by atoms with van der Waals surface area (Å²) in [4.78, 5) is 30.1. The molecule has 1 unspecified atom stereocenters. The largest absolute Gasteiger partial charge is 0.353 e. The van der Waals surface area contributed by atoms with Crippen molar-refractivity contribution in [1.82, 2.24) is 15.2 Å². The van der Waals surface area contributed by atoms with Crippen LogP contribution >= 0.6 is 22.7 Å². The van der Waals surface area contributed by atoms with Gasteiger partial charge in [-0.15, -0.1) is 11.3 Å². The van der Waals surface area contributed by atoms with Crippen LogP contribution in [0.4, 0.5) is 0 Å². The number of hydrogen-bond donors (Lipinski definition) is 1. The van der Waals surface area contributed by atoms with E-state index in [9.17, 15) is 9.59 Å². The Bertz CT molecular complexity index is 651. The van der Waals surface area contributed by atoms with Crippen LogP contribution in [0.1, 0.15) is 12.6 Å². The number of nitrogens with one attached hydrogen (secondary N) is 1. The van der Waals surface area contributed by atoms with Gasteiger partial charge in [0.25, 0.3) is 0 Å². The van der Waals surface area contributed by atoms with Gasteiger partial charge in [0.2, 0.25) is 11.8 Å². The Balaban J connectivity index is 1.69. The van der Waals surface area contributed by atoms with Crippen molar-refractivity contribution < 1.29 is 9.59 Å². The number of amides is 2. The zero-order valence-corrected chi connectivity index (χ0v) is 13.2. The molecule has 0 spiro atoms. The van der Waals surface area contributed by atoms with Crippen molar-refractivity contribution in [3.8, 4) is 10.6 Å². The predicted octanol–water partition coefficient (Wildman–Crippen LogP) is 1.76. The summed E-state index contributed by atoms with van der Waals surface area (Å²) < 4.78 is 0. The summed E-state index contributed by atoms with van der Waals surface area (Å²) in [6.07, 6.45) is 0.248. The van der Waals surface area contributed by atoms with E-state index in [-0.39, 0.29) is 18.2 Å². The van der Waals surface area contributed by atoms with E-state index in [1.807, 2.05) is 22.2 Å². The SMILES string of the molecule is CC1C(=O)NCCN1C(=O)Cc1csc(-c2ccsc2)n1. The maximum absolute atomic E-state index is 12.3. The smallest absolute Gasteiger partial charge is 0.242 e. The van der Waals surface area contributed by atoms with Crippen LogP contribution in [0.15, 0.2) is 22.2 Å². The molecule has 110 valence electrons. The summed E-state index contributed by atoms with van der Waals surface area (Å²) in [5.41, 5.74) is 1.86. The molecule has 2 amide bonds. The monoisotopic (exact) mass is 321 g/mol. The third kappa shape index (κ3) is 2.98. The van der Waals surface area contributed by atoms with Crippen LogP contribution in [0.5, 0.6) is 0 Å². The number of thiazole rings is 1. The Morgan fingerprint density at radius 3 is 3.14 bits per heavy atom. The highest BCUT2D eigenvalue weighted by Crippen LogP contribution is 2.26. The van der Waals surface area contributed by atoms with E-state index in [4.69, 9.17) is 0 Å². The maximum atomic E-state index is 12.3. The lowest BCUT2D eigenvalue weighted by atomic mass is 10.2. The Morgan fingerprint density at radius 1 is 1.52 bits per heavy atom. The summed E-state index contributed by atoms with van der Waals surface area (Å²) in [5, 5.41) is 9.66. The zero-order chi connectivity index (χ0) is 14.8. The molecule has 2 aromatic heterocycles. The summed E-state index contributed by atoms with van der Waals surface area (Å²) >= 11 is 3.17. The molecule has 1 saturated heterocycles. The molecule has 1 fully saturated rings. The van der Waals surface area contributed by atoms with Crippen molar-refractivity contribution in [2.24, 2.45) is 0 Å². The van der Waals surface area contributed by atoms with E-state index >= 15 is 0 Å². The minimum absolute atomic E-state index is 0.0421. The minimum atomic E-state index is -0.402. The highest BCUT2D eigenvalue weighted by atomic mass is 32.1. The van der Waals surface area contributed by atoms with Gasteiger partial charge < -0.3 is 10.2 Å². The summed E-state index contributed by atoms with van der Waals surface area (Å²) in [5.74, 6) is -0.133. The molecule has 3 rings (SSSR count). The average molecular weight is 321 g/mol. The second-order valence-corrected chi connectivity index (χ2v) is 6.53. The van der Waals surface area contributed by atoms with E-state index < -0.39 is 6.04 Å². The molecule has 1 N–H and O–H groups in total. The molecule has 7 heteroatoms. The van der Waals surface area contributed by atoms with Crippen LogP contribution in [0.3, 0.4) is 0 Å². The number of rotatable bonds is 3. The van der Waals surface area contributed by atoms with E-state index in [1.165, 1.54) is 0 Å². The van der Waals surface area contributed by atoms with Gasteiger partial charge in [0, 0.05) is 29.4 Å². The van der Waals surface area contributed by atoms with Crippen LogP contribution in [0.2, 0.25) is 0 Å². The van der Waals surface area contributed by atoms with Crippen molar-refractivity contribution >= 4 is 34.5 Å². The molecular weight excluding hydrogens is 306 g/mol. The van der Waals surface area contributed by atoms with Gasteiger partial charge in [0.15, 0.2) is 0 Å². The number of nitrogens with zero attached hydrogens (tertiary/aromatic N) is 2. The molecule has 0 aromatic carbocycles. The van der Waals surface area contributed by atoms with Crippen molar-refractivity contribution in [3.05, 3.63) is 27.9 Å². The summed E-state index contributed by atoms with van der Waals surface area (Å²) in [7, 11) is 0. The number of piperazine rings is 1. The lowest BCUT2D eigenvalue weighted by molar-refractivity contribution is -0.142.